The molecule has 2 aromatic rings. The van der Waals surface area contributed by atoms with Crippen LogP contribution in [-0.2, 0) is 4.74 Å². The summed E-state index contributed by atoms with van der Waals surface area (Å²) in [5.41, 5.74) is 0.515. The Morgan fingerprint density at radius 3 is 3.06 bits per heavy atom. The second-order valence-electron chi connectivity index (χ2n) is 3.47. The molecule has 0 saturated carbocycles. The number of rotatable bonds is 5. The summed E-state index contributed by atoms with van der Waals surface area (Å²) in [6.45, 7) is 1.07. The number of methoxy groups -OCH3 is 1. The maximum absolute atomic E-state index is 12.9. The third-order valence-corrected chi connectivity index (χ3v) is 2.49. The van der Waals surface area contributed by atoms with Crippen molar-refractivity contribution in [3.05, 3.63) is 29.0 Å². The van der Waals surface area contributed by atoms with Crippen molar-refractivity contribution in [1.29, 1.82) is 0 Å². The maximum atomic E-state index is 12.9. The highest BCUT2D eigenvalue weighted by atomic mass is 35.5. The van der Waals surface area contributed by atoms with Gasteiger partial charge in [0, 0.05) is 19.2 Å². The molecule has 0 aliphatic rings. The average Bonchev–Trinajstić information content (AvgIpc) is 2.78. The van der Waals surface area contributed by atoms with Gasteiger partial charge in [-0.05, 0) is 18.2 Å². The third-order valence-electron chi connectivity index (χ3n) is 2.18. The molecule has 0 spiro atoms. The van der Waals surface area contributed by atoms with Crippen LogP contribution in [0.1, 0.15) is 0 Å². The minimum Gasteiger partial charge on any atom is -0.383 e. The molecule has 96 valence electrons. The van der Waals surface area contributed by atoms with Crippen LogP contribution in [0.4, 0.5) is 10.4 Å². The van der Waals surface area contributed by atoms with Gasteiger partial charge in [-0.1, -0.05) is 16.8 Å². The van der Waals surface area contributed by atoms with E-state index in [0.717, 1.165) is 0 Å². The van der Waals surface area contributed by atoms with Gasteiger partial charge in [-0.15, -0.1) is 0 Å². The molecule has 1 heterocycles. The zero-order chi connectivity index (χ0) is 13.0. The molecular formula is C11H11ClFN3O2. The highest BCUT2D eigenvalue weighted by molar-refractivity contribution is 6.33. The van der Waals surface area contributed by atoms with Crippen molar-refractivity contribution < 1.29 is 13.7 Å². The molecule has 7 heteroatoms. The van der Waals surface area contributed by atoms with Gasteiger partial charge in [0.1, 0.15) is 5.82 Å². The quantitative estimate of drug-likeness (QED) is 0.847. The lowest BCUT2D eigenvalue weighted by molar-refractivity contribution is 0.210. The number of ether oxygens (including phenoxy) is 1. The smallest absolute Gasteiger partial charge is 0.321 e. The van der Waals surface area contributed by atoms with E-state index < -0.39 is 5.82 Å². The van der Waals surface area contributed by atoms with Crippen molar-refractivity contribution in [1.82, 2.24) is 10.1 Å². The Balaban J connectivity index is 2.13. The molecule has 1 N–H and O–H groups in total. The highest BCUT2D eigenvalue weighted by Crippen LogP contribution is 2.26. The van der Waals surface area contributed by atoms with Gasteiger partial charge in [0.25, 0.3) is 0 Å². The number of hydrogen-bond donors (Lipinski definition) is 1. The van der Waals surface area contributed by atoms with E-state index in [1.807, 2.05) is 0 Å². The first-order valence-electron chi connectivity index (χ1n) is 5.22. The van der Waals surface area contributed by atoms with Crippen LogP contribution in [0.25, 0.3) is 11.4 Å². The van der Waals surface area contributed by atoms with E-state index in [1.165, 1.54) is 18.2 Å². The van der Waals surface area contributed by atoms with Crippen LogP contribution in [0.3, 0.4) is 0 Å². The van der Waals surface area contributed by atoms with Gasteiger partial charge in [0.2, 0.25) is 5.82 Å². The van der Waals surface area contributed by atoms with Crippen LogP contribution in [0, 0.1) is 5.82 Å². The summed E-state index contributed by atoms with van der Waals surface area (Å²) in [4.78, 5) is 4.09. The summed E-state index contributed by atoms with van der Waals surface area (Å²) in [7, 11) is 1.60. The minimum absolute atomic E-state index is 0.235. The second kappa shape index (κ2) is 5.79. The average molecular weight is 272 g/mol. The van der Waals surface area contributed by atoms with Crippen molar-refractivity contribution in [2.75, 3.05) is 25.6 Å². The van der Waals surface area contributed by atoms with E-state index in [1.54, 1.807) is 7.11 Å². The molecule has 0 radical (unpaired) electrons. The van der Waals surface area contributed by atoms with Crippen molar-refractivity contribution in [2.24, 2.45) is 0 Å². The molecule has 0 amide bonds. The van der Waals surface area contributed by atoms with Crippen LogP contribution in [0.5, 0.6) is 0 Å². The van der Waals surface area contributed by atoms with Gasteiger partial charge < -0.3 is 14.6 Å². The lowest BCUT2D eigenvalue weighted by Crippen LogP contribution is -2.07. The van der Waals surface area contributed by atoms with Gasteiger partial charge in [0.05, 0.1) is 11.6 Å². The summed E-state index contributed by atoms with van der Waals surface area (Å²) in [6, 6.07) is 4.25. The Bertz CT molecular complexity index is 533. The molecule has 18 heavy (non-hydrogen) atoms. The van der Waals surface area contributed by atoms with E-state index in [2.05, 4.69) is 15.5 Å². The fourth-order valence-corrected chi connectivity index (χ4v) is 1.59. The van der Waals surface area contributed by atoms with Crippen molar-refractivity contribution >= 4 is 17.6 Å². The molecule has 5 nitrogen and oxygen atoms in total. The Morgan fingerprint density at radius 1 is 1.50 bits per heavy atom. The third kappa shape index (κ3) is 2.96. The van der Waals surface area contributed by atoms with Crippen LogP contribution in [0.2, 0.25) is 5.02 Å². The fourth-order valence-electron chi connectivity index (χ4n) is 1.34. The summed E-state index contributed by atoms with van der Waals surface area (Å²) in [5, 5.41) is 6.88. The monoisotopic (exact) mass is 271 g/mol. The number of hydrogen-bond acceptors (Lipinski definition) is 5. The molecule has 0 fully saturated rings. The standard InChI is InChI=1S/C11H11ClFN3O2/c1-17-5-4-14-11-15-10(16-18-11)8-3-2-7(13)6-9(8)12/h2-3,6H,4-5H2,1H3,(H,14,15,16). The number of benzene rings is 1. The van der Waals surface area contributed by atoms with E-state index in [0.29, 0.717) is 24.5 Å². The van der Waals surface area contributed by atoms with E-state index >= 15 is 0 Å². The Kier molecular flexibility index (Phi) is 4.11. The zero-order valence-corrected chi connectivity index (χ0v) is 10.4. The molecule has 0 aliphatic carbocycles. The molecule has 0 bridgehead atoms. The highest BCUT2D eigenvalue weighted by Gasteiger charge is 2.12. The van der Waals surface area contributed by atoms with Gasteiger partial charge in [0.15, 0.2) is 0 Å². The number of halogens is 2. The molecule has 2 rings (SSSR count). The van der Waals surface area contributed by atoms with Crippen LogP contribution < -0.4 is 5.32 Å². The van der Waals surface area contributed by atoms with Gasteiger partial charge in [-0.25, -0.2) is 4.39 Å². The number of aromatic nitrogens is 2. The maximum Gasteiger partial charge on any atom is 0.321 e. The summed E-state index contributed by atoms with van der Waals surface area (Å²) in [5.74, 6) is -0.106. The Morgan fingerprint density at radius 2 is 2.33 bits per heavy atom. The zero-order valence-electron chi connectivity index (χ0n) is 9.61. The fraction of sp³-hybridized carbons (Fsp3) is 0.273. The first-order valence-corrected chi connectivity index (χ1v) is 5.60. The van der Waals surface area contributed by atoms with Crippen molar-refractivity contribution in [3.8, 4) is 11.4 Å². The van der Waals surface area contributed by atoms with Crippen LogP contribution in [0.15, 0.2) is 22.7 Å². The topological polar surface area (TPSA) is 60.2 Å². The lowest BCUT2D eigenvalue weighted by atomic mass is 10.2. The Labute approximate surface area is 108 Å². The summed E-state index contributed by atoms with van der Waals surface area (Å²) >= 11 is 5.90. The lowest BCUT2D eigenvalue weighted by Gasteiger charge is -1.98. The summed E-state index contributed by atoms with van der Waals surface area (Å²) < 4.78 is 22.7. The van der Waals surface area contributed by atoms with E-state index in [4.69, 9.17) is 20.9 Å². The van der Waals surface area contributed by atoms with Crippen LogP contribution >= 0.6 is 11.6 Å². The van der Waals surface area contributed by atoms with E-state index in [9.17, 15) is 4.39 Å². The van der Waals surface area contributed by atoms with Crippen molar-refractivity contribution in [2.45, 2.75) is 0 Å². The molecule has 0 unspecified atom stereocenters. The Hall–Kier alpha value is -1.66. The predicted octanol–water partition coefficient (Wildman–Crippen LogP) is 2.59. The molecule has 1 aromatic heterocycles. The largest absolute Gasteiger partial charge is 0.383 e. The van der Waals surface area contributed by atoms with Gasteiger partial charge >= 0.3 is 6.01 Å². The van der Waals surface area contributed by atoms with Gasteiger partial charge in [-0.3, -0.25) is 0 Å². The first-order chi connectivity index (χ1) is 8.70. The normalized spacial score (nSPS) is 10.6. The second-order valence-corrected chi connectivity index (χ2v) is 3.87. The van der Waals surface area contributed by atoms with E-state index in [-0.39, 0.29) is 11.0 Å². The number of nitrogens with one attached hydrogen (secondary N) is 1. The van der Waals surface area contributed by atoms with Crippen LogP contribution in [-0.4, -0.2) is 30.4 Å². The first kappa shape index (κ1) is 12.8. The minimum atomic E-state index is -0.411. The molecule has 0 aliphatic heterocycles. The van der Waals surface area contributed by atoms with Crippen molar-refractivity contribution in [3.63, 3.8) is 0 Å². The summed E-state index contributed by atoms with van der Waals surface area (Å²) in [6.07, 6.45) is 0. The number of nitrogens with zero attached hydrogens (tertiary/aromatic N) is 2. The SMILES string of the molecule is COCCNc1nc(-c2ccc(F)cc2Cl)no1. The molecule has 1 aromatic carbocycles. The predicted molar refractivity (Wildman–Crippen MR) is 65.1 cm³/mol. The molecule has 0 atom stereocenters. The molecular weight excluding hydrogens is 261 g/mol. The molecule has 0 saturated heterocycles. The number of anilines is 1. The van der Waals surface area contributed by atoms with Gasteiger partial charge in [-0.2, -0.15) is 4.98 Å².